The quantitative estimate of drug-likeness (QED) is 0.818. The third-order valence-electron chi connectivity index (χ3n) is 2.90. The van der Waals surface area contributed by atoms with Gasteiger partial charge in [-0.25, -0.2) is 4.98 Å². The normalized spacial score (nSPS) is 14.6. The first kappa shape index (κ1) is 13.8. The summed E-state index contributed by atoms with van der Waals surface area (Å²) in [6.45, 7) is 6.39. The van der Waals surface area contributed by atoms with E-state index < -0.39 is 0 Å². The largest absolute Gasteiger partial charge is 0.365 e. The van der Waals surface area contributed by atoms with Gasteiger partial charge in [-0.2, -0.15) is 0 Å². The standard InChI is InChI=1S/C12H18BrClN2/c1-4-12(3,5-6-14)16-11-7-9(2)10(13)8-15-11/h7-8H,4-6H2,1-3H3,(H,15,16). The highest BCUT2D eigenvalue weighted by atomic mass is 79.9. The molecule has 1 atom stereocenters. The average Bonchev–Trinajstić information content (AvgIpc) is 2.24. The third kappa shape index (κ3) is 3.63. The zero-order valence-corrected chi connectivity index (χ0v) is 12.3. The molecule has 16 heavy (non-hydrogen) atoms. The summed E-state index contributed by atoms with van der Waals surface area (Å²) < 4.78 is 1.04. The Labute approximate surface area is 111 Å². The van der Waals surface area contributed by atoms with Crippen LogP contribution in [0.15, 0.2) is 16.7 Å². The SMILES string of the molecule is CCC(C)(CCCl)Nc1cc(C)c(Br)cn1. The number of rotatable bonds is 5. The molecule has 0 aliphatic rings. The highest BCUT2D eigenvalue weighted by Gasteiger charge is 2.21. The number of hydrogen-bond donors (Lipinski definition) is 1. The molecular weight excluding hydrogens is 288 g/mol. The second-order valence-corrected chi connectivity index (χ2v) is 5.53. The number of aromatic nitrogens is 1. The summed E-state index contributed by atoms with van der Waals surface area (Å²) in [6.07, 6.45) is 3.78. The summed E-state index contributed by atoms with van der Waals surface area (Å²) in [7, 11) is 0. The van der Waals surface area contributed by atoms with Gasteiger partial charge in [-0.3, -0.25) is 0 Å². The van der Waals surface area contributed by atoms with Gasteiger partial charge in [0.1, 0.15) is 5.82 Å². The summed E-state index contributed by atoms with van der Waals surface area (Å²) in [5, 5.41) is 3.46. The minimum Gasteiger partial charge on any atom is -0.365 e. The van der Waals surface area contributed by atoms with Crippen LogP contribution in [0.25, 0.3) is 0 Å². The Bertz CT molecular complexity index is 357. The molecule has 4 heteroatoms. The number of aryl methyl sites for hydroxylation is 1. The maximum atomic E-state index is 5.82. The predicted octanol–water partition coefficient (Wildman–Crippen LogP) is 4.36. The summed E-state index contributed by atoms with van der Waals surface area (Å²) in [5.41, 5.74) is 1.21. The topological polar surface area (TPSA) is 24.9 Å². The van der Waals surface area contributed by atoms with Gasteiger partial charge in [-0.05, 0) is 54.2 Å². The molecule has 0 saturated heterocycles. The van der Waals surface area contributed by atoms with Gasteiger partial charge in [0.25, 0.3) is 0 Å². The molecular formula is C12H18BrClN2. The number of anilines is 1. The first-order valence-electron chi connectivity index (χ1n) is 5.47. The first-order valence-corrected chi connectivity index (χ1v) is 6.80. The van der Waals surface area contributed by atoms with Gasteiger partial charge >= 0.3 is 0 Å². The van der Waals surface area contributed by atoms with Crippen LogP contribution in [0.2, 0.25) is 0 Å². The van der Waals surface area contributed by atoms with Crippen LogP contribution in [0, 0.1) is 6.92 Å². The van der Waals surface area contributed by atoms with Gasteiger partial charge in [-0.15, -0.1) is 11.6 Å². The van der Waals surface area contributed by atoms with Crippen molar-refractivity contribution in [3.05, 3.63) is 22.3 Å². The van der Waals surface area contributed by atoms with Crippen LogP contribution in [0.5, 0.6) is 0 Å². The van der Waals surface area contributed by atoms with E-state index in [1.165, 1.54) is 5.56 Å². The Balaban J connectivity index is 2.81. The summed E-state index contributed by atoms with van der Waals surface area (Å²) in [5.74, 6) is 1.57. The van der Waals surface area contributed by atoms with Crippen LogP contribution in [-0.4, -0.2) is 16.4 Å². The molecule has 0 radical (unpaired) electrons. The molecule has 0 amide bonds. The molecule has 2 nitrogen and oxygen atoms in total. The Morgan fingerprint density at radius 3 is 2.75 bits per heavy atom. The molecule has 0 spiro atoms. The van der Waals surface area contributed by atoms with E-state index in [1.807, 2.05) is 12.3 Å². The lowest BCUT2D eigenvalue weighted by Gasteiger charge is -2.29. The minimum atomic E-state index is 0.0228. The van der Waals surface area contributed by atoms with E-state index in [2.05, 4.69) is 47.0 Å². The van der Waals surface area contributed by atoms with E-state index >= 15 is 0 Å². The molecule has 1 unspecified atom stereocenters. The zero-order chi connectivity index (χ0) is 12.2. The minimum absolute atomic E-state index is 0.0228. The van der Waals surface area contributed by atoms with Crippen LogP contribution in [0.4, 0.5) is 5.82 Å². The smallest absolute Gasteiger partial charge is 0.126 e. The van der Waals surface area contributed by atoms with Crippen molar-refractivity contribution in [3.63, 3.8) is 0 Å². The fourth-order valence-electron chi connectivity index (χ4n) is 1.45. The molecule has 0 saturated carbocycles. The van der Waals surface area contributed by atoms with Crippen LogP contribution >= 0.6 is 27.5 Å². The molecule has 1 N–H and O–H groups in total. The first-order chi connectivity index (χ1) is 7.50. The Hall–Kier alpha value is -0.280. The van der Waals surface area contributed by atoms with Crippen LogP contribution in [0.3, 0.4) is 0 Å². The van der Waals surface area contributed by atoms with Crippen molar-refractivity contribution in [2.45, 2.75) is 39.2 Å². The van der Waals surface area contributed by atoms with E-state index in [-0.39, 0.29) is 5.54 Å². The highest BCUT2D eigenvalue weighted by Crippen LogP contribution is 2.23. The fraction of sp³-hybridized carbons (Fsp3) is 0.583. The summed E-state index contributed by atoms with van der Waals surface area (Å²) >= 11 is 9.26. The van der Waals surface area contributed by atoms with Crippen molar-refractivity contribution in [1.29, 1.82) is 0 Å². The predicted molar refractivity (Wildman–Crippen MR) is 74.3 cm³/mol. The van der Waals surface area contributed by atoms with Crippen LogP contribution in [-0.2, 0) is 0 Å². The van der Waals surface area contributed by atoms with E-state index in [9.17, 15) is 0 Å². The second-order valence-electron chi connectivity index (χ2n) is 4.30. The molecule has 0 aliphatic heterocycles. The van der Waals surface area contributed by atoms with Gasteiger partial charge in [0.15, 0.2) is 0 Å². The molecule has 90 valence electrons. The fourth-order valence-corrected chi connectivity index (χ4v) is 2.09. The Morgan fingerprint density at radius 2 is 2.25 bits per heavy atom. The third-order valence-corrected chi connectivity index (χ3v) is 3.92. The monoisotopic (exact) mass is 304 g/mol. The molecule has 1 heterocycles. The van der Waals surface area contributed by atoms with Gasteiger partial charge in [0.05, 0.1) is 0 Å². The van der Waals surface area contributed by atoms with Crippen molar-refractivity contribution >= 4 is 33.3 Å². The Morgan fingerprint density at radius 1 is 1.56 bits per heavy atom. The highest BCUT2D eigenvalue weighted by molar-refractivity contribution is 9.10. The number of nitrogens with one attached hydrogen (secondary N) is 1. The molecule has 1 rings (SSSR count). The van der Waals surface area contributed by atoms with Crippen LogP contribution in [0.1, 0.15) is 32.3 Å². The second kappa shape index (κ2) is 5.87. The van der Waals surface area contributed by atoms with Gasteiger partial charge in [0, 0.05) is 22.1 Å². The number of pyridine rings is 1. The average molecular weight is 306 g/mol. The van der Waals surface area contributed by atoms with Gasteiger partial charge in [0.2, 0.25) is 0 Å². The van der Waals surface area contributed by atoms with Crippen molar-refractivity contribution in [2.75, 3.05) is 11.2 Å². The lowest BCUT2D eigenvalue weighted by molar-refractivity contribution is 0.479. The molecule has 0 bridgehead atoms. The Kier molecular flexibility index (Phi) is 5.06. The van der Waals surface area contributed by atoms with E-state index in [1.54, 1.807) is 0 Å². The van der Waals surface area contributed by atoms with E-state index in [0.29, 0.717) is 5.88 Å². The van der Waals surface area contributed by atoms with Gasteiger partial charge in [-0.1, -0.05) is 6.92 Å². The molecule has 0 aliphatic carbocycles. The number of hydrogen-bond acceptors (Lipinski definition) is 2. The number of nitrogens with zero attached hydrogens (tertiary/aromatic N) is 1. The maximum absolute atomic E-state index is 5.82. The molecule has 1 aromatic rings. The zero-order valence-electron chi connectivity index (χ0n) is 9.98. The maximum Gasteiger partial charge on any atom is 0.126 e. The van der Waals surface area contributed by atoms with E-state index in [0.717, 1.165) is 23.1 Å². The lowest BCUT2D eigenvalue weighted by Crippen LogP contribution is -2.34. The molecule has 0 aromatic carbocycles. The molecule has 0 fully saturated rings. The summed E-state index contributed by atoms with van der Waals surface area (Å²) in [4.78, 5) is 4.35. The van der Waals surface area contributed by atoms with Crippen molar-refractivity contribution < 1.29 is 0 Å². The van der Waals surface area contributed by atoms with Crippen LogP contribution < -0.4 is 5.32 Å². The number of alkyl halides is 1. The summed E-state index contributed by atoms with van der Waals surface area (Å²) in [6, 6.07) is 2.05. The lowest BCUT2D eigenvalue weighted by atomic mass is 9.95. The van der Waals surface area contributed by atoms with Crippen molar-refractivity contribution in [3.8, 4) is 0 Å². The van der Waals surface area contributed by atoms with Gasteiger partial charge < -0.3 is 5.32 Å². The molecule has 1 aromatic heterocycles. The number of halogens is 2. The van der Waals surface area contributed by atoms with E-state index in [4.69, 9.17) is 11.6 Å². The van der Waals surface area contributed by atoms with Crippen molar-refractivity contribution in [2.24, 2.45) is 0 Å². The van der Waals surface area contributed by atoms with Crippen molar-refractivity contribution in [1.82, 2.24) is 4.98 Å².